The zero-order valence-electron chi connectivity index (χ0n) is 14.8. The van der Waals surface area contributed by atoms with Crippen molar-refractivity contribution in [2.24, 2.45) is 0 Å². The van der Waals surface area contributed by atoms with Crippen molar-refractivity contribution in [1.29, 1.82) is 0 Å². The molecule has 0 amide bonds. The molecule has 2 aromatic heterocycles. The van der Waals surface area contributed by atoms with E-state index in [2.05, 4.69) is 9.97 Å². The van der Waals surface area contributed by atoms with Crippen LogP contribution in [0.2, 0.25) is 0 Å². The van der Waals surface area contributed by atoms with Crippen LogP contribution in [0.1, 0.15) is 31.9 Å². The lowest BCUT2D eigenvalue weighted by Crippen LogP contribution is -2.24. The Kier molecular flexibility index (Phi) is 5.01. The maximum Gasteiger partial charge on any atom is 0.242 e. The summed E-state index contributed by atoms with van der Waals surface area (Å²) in [6, 6.07) is 9.98. The molecule has 6 nitrogen and oxygen atoms in total. The van der Waals surface area contributed by atoms with Crippen molar-refractivity contribution < 1.29 is 14.6 Å². The lowest BCUT2D eigenvalue weighted by Gasteiger charge is -2.21. The summed E-state index contributed by atoms with van der Waals surface area (Å²) in [4.78, 5) is 8.58. The summed E-state index contributed by atoms with van der Waals surface area (Å²) < 4.78 is 13.7. The number of aliphatic hydroxyl groups excluding tert-OH is 1. The highest BCUT2D eigenvalue weighted by Crippen LogP contribution is 2.29. The Hall–Kier alpha value is -2.44. The van der Waals surface area contributed by atoms with Crippen molar-refractivity contribution in [3.8, 4) is 5.88 Å². The van der Waals surface area contributed by atoms with Gasteiger partial charge in [0.2, 0.25) is 5.88 Å². The molecule has 3 aromatic rings. The van der Waals surface area contributed by atoms with Crippen molar-refractivity contribution in [3.63, 3.8) is 0 Å². The molecule has 3 rings (SSSR count). The van der Waals surface area contributed by atoms with E-state index in [0.29, 0.717) is 24.7 Å². The highest BCUT2D eigenvalue weighted by atomic mass is 16.5. The molecule has 0 fully saturated rings. The van der Waals surface area contributed by atoms with E-state index in [1.54, 1.807) is 0 Å². The van der Waals surface area contributed by atoms with Crippen molar-refractivity contribution in [2.75, 3.05) is 0 Å². The summed E-state index contributed by atoms with van der Waals surface area (Å²) in [5, 5.41) is 9.62. The number of aliphatic hydroxyl groups is 1. The number of aromatic nitrogens is 3. The molecule has 2 heterocycles. The van der Waals surface area contributed by atoms with E-state index >= 15 is 0 Å². The highest BCUT2D eigenvalue weighted by Gasteiger charge is 2.20. The van der Waals surface area contributed by atoms with Crippen molar-refractivity contribution >= 4 is 11.0 Å². The van der Waals surface area contributed by atoms with Gasteiger partial charge in [0.25, 0.3) is 0 Å². The number of ether oxygens (including phenoxy) is 2. The van der Waals surface area contributed by atoms with Gasteiger partial charge in [-0.15, -0.1) is 0 Å². The van der Waals surface area contributed by atoms with Crippen LogP contribution in [0.25, 0.3) is 11.0 Å². The average Bonchev–Trinajstić information content (AvgIpc) is 2.94. The van der Waals surface area contributed by atoms with Crippen LogP contribution in [0.4, 0.5) is 0 Å². The summed E-state index contributed by atoms with van der Waals surface area (Å²) in [6.07, 6.45) is 3.29. The minimum absolute atomic E-state index is 0.103. The summed E-state index contributed by atoms with van der Waals surface area (Å²) in [5.74, 6) is 0.487. The smallest absolute Gasteiger partial charge is 0.242 e. The van der Waals surface area contributed by atoms with Gasteiger partial charge in [0.1, 0.15) is 29.7 Å². The Labute approximate surface area is 147 Å². The van der Waals surface area contributed by atoms with E-state index in [9.17, 15) is 5.11 Å². The van der Waals surface area contributed by atoms with Gasteiger partial charge in [-0.05, 0) is 26.3 Å². The fourth-order valence-electron chi connectivity index (χ4n) is 2.59. The maximum absolute atomic E-state index is 9.62. The van der Waals surface area contributed by atoms with Gasteiger partial charge in [-0.25, -0.2) is 4.98 Å². The Morgan fingerprint density at radius 1 is 1.12 bits per heavy atom. The zero-order valence-corrected chi connectivity index (χ0v) is 14.8. The van der Waals surface area contributed by atoms with Crippen LogP contribution in [0.3, 0.4) is 0 Å². The van der Waals surface area contributed by atoms with Crippen LogP contribution in [-0.2, 0) is 24.7 Å². The molecule has 0 bridgehead atoms. The Morgan fingerprint density at radius 2 is 1.88 bits per heavy atom. The quantitative estimate of drug-likeness (QED) is 0.745. The predicted molar refractivity (Wildman–Crippen MR) is 95.1 cm³/mol. The molecule has 0 unspecified atom stereocenters. The van der Waals surface area contributed by atoms with Crippen molar-refractivity contribution in [1.82, 2.24) is 14.5 Å². The highest BCUT2D eigenvalue weighted by molar-refractivity contribution is 5.83. The molecule has 0 aliphatic carbocycles. The number of hydrogen-bond acceptors (Lipinski definition) is 5. The van der Waals surface area contributed by atoms with Crippen molar-refractivity contribution in [2.45, 2.75) is 46.3 Å². The molecule has 0 atom stereocenters. The van der Waals surface area contributed by atoms with E-state index in [-0.39, 0.29) is 12.2 Å². The third kappa shape index (κ3) is 4.15. The first-order valence-electron chi connectivity index (χ1n) is 8.22. The third-order valence-electron chi connectivity index (χ3n) is 3.61. The maximum atomic E-state index is 9.62. The molecule has 1 aromatic carbocycles. The second-order valence-corrected chi connectivity index (χ2v) is 6.84. The fourth-order valence-corrected chi connectivity index (χ4v) is 2.59. The number of rotatable bonds is 6. The van der Waals surface area contributed by atoms with Crippen LogP contribution in [0.5, 0.6) is 5.88 Å². The third-order valence-corrected chi connectivity index (χ3v) is 3.61. The SMILES string of the molecule is CC(C)(C)Oc1ncnc2c(CO)cn(COCc3ccccc3)c12. The predicted octanol–water partition coefficient (Wildman–Crippen LogP) is 3.28. The summed E-state index contributed by atoms with van der Waals surface area (Å²) in [7, 11) is 0. The van der Waals surface area contributed by atoms with Crippen LogP contribution in [0, 0.1) is 0 Å². The van der Waals surface area contributed by atoms with E-state index in [1.807, 2.05) is 61.9 Å². The Bertz CT molecular complexity index is 838. The largest absolute Gasteiger partial charge is 0.470 e. The number of nitrogens with zero attached hydrogens (tertiary/aromatic N) is 3. The van der Waals surface area contributed by atoms with Crippen LogP contribution < -0.4 is 4.74 Å². The monoisotopic (exact) mass is 341 g/mol. The van der Waals surface area contributed by atoms with Gasteiger partial charge in [-0.2, -0.15) is 4.98 Å². The molecule has 0 saturated carbocycles. The molecule has 0 radical (unpaired) electrons. The van der Waals surface area contributed by atoms with Gasteiger partial charge >= 0.3 is 0 Å². The normalized spacial score (nSPS) is 11.8. The minimum Gasteiger partial charge on any atom is -0.470 e. The lowest BCUT2D eigenvalue weighted by molar-refractivity contribution is 0.0654. The average molecular weight is 341 g/mol. The zero-order chi connectivity index (χ0) is 17.9. The second kappa shape index (κ2) is 7.21. The van der Waals surface area contributed by atoms with Gasteiger partial charge in [-0.1, -0.05) is 30.3 Å². The Morgan fingerprint density at radius 3 is 2.56 bits per heavy atom. The van der Waals surface area contributed by atoms with Gasteiger partial charge in [0, 0.05) is 11.8 Å². The Balaban J connectivity index is 1.88. The molecule has 1 N–H and O–H groups in total. The van der Waals surface area contributed by atoms with Crippen LogP contribution in [0.15, 0.2) is 42.9 Å². The first-order chi connectivity index (χ1) is 12.0. The molecule has 132 valence electrons. The summed E-state index contributed by atoms with van der Waals surface area (Å²) in [5.41, 5.74) is 2.85. The summed E-state index contributed by atoms with van der Waals surface area (Å²) in [6.45, 7) is 6.61. The van der Waals surface area contributed by atoms with E-state index in [1.165, 1.54) is 6.33 Å². The van der Waals surface area contributed by atoms with E-state index in [4.69, 9.17) is 9.47 Å². The molecular weight excluding hydrogens is 318 g/mol. The van der Waals surface area contributed by atoms with E-state index < -0.39 is 0 Å². The van der Waals surface area contributed by atoms with Gasteiger partial charge in [-0.3, -0.25) is 0 Å². The number of fused-ring (bicyclic) bond motifs is 1. The first-order valence-corrected chi connectivity index (χ1v) is 8.22. The lowest BCUT2D eigenvalue weighted by atomic mass is 10.2. The second-order valence-electron chi connectivity index (χ2n) is 6.84. The van der Waals surface area contributed by atoms with Crippen LogP contribution in [-0.4, -0.2) is 25.2 Å². The molecule has 0 spiro atoms. The van der Waals surface area contributed by atoms with Crippen LogP contribution >= 0.6 is 0 Å². The molecule has 0 saturated heterocycles. The fraction of sp³-hybridized carbons (Fsp3) is 0.368. The van der Waals surface area contributed by atoms with E-state index in [0.717, 1.165) is 16.6 Å². The first kappa shape index (κ1) is 17.4. The topological polar surface area (TPSA) is 69.4 Å². The molecular formula is C19H23N3O3. The number of benzene rings is 1. The minimum atomic E-state index is -0.388. The summed E-state index contributed by atoms with van der Waals surface area (Å²) >= 11 is 0. The molecule has 6 heteroatoms. The number of hydrogen-bond donors (Lipinski definition) is 1. The van der Waals surface area contributed by atoms with Crippen molar-refractivity contribution in [3.05, 3.63) is 54.0 Å². The molecule has 0 aliphatic heterocycles. The van der Waals surface area contributed by atoms with Gasteiger partial charge < -0.3 is 19.1 Å². The molecule has 25 heavy (non-hydrogen) atoms. The van der Waals surface area contributed by atoms with Gasteiger partial charge in [0.15, 0.2) is 0 Å². The standard InChI is InChI=1S/C19H23N3O3/c1-19(2,3)25-18-17-16(20-12-21-18)15(10-23)9-22(17)13-24-11-14-7-5-4-6-8-14/h4-9,12,23H,10-11,13H2,1-3H3. The van der Waals surface area contributed by atoms with Gasteiger partial charge in [0.05, 0.1) is 13.2 Å². The molecule has 0 aliphatic rings.